The van der Waals surface area contributed by atoms with Crippen LogP contribution in [-0.2, 0) is 9.53 Å². The van der Waals surface area contributed by atoms with Gasteiger partial charge in [0.05, 0.1) is 23.7 Å². The van der Waals surface area contributed by atoms with E-state index in [1.807, 2.05) is 38.1 Å². The van der Waals surface area contributed by atoms with Crippen LogP contribution < -0.4 is 10.6 Å². The first kappa shape index (κ1) is 22.6. The number of carbonyl (C=O) groups is 2. The number of aromatic nitrogens is 2. The Balaban J connectivity index is 1.70. The SMILES string of the molecule is Cc1cc(C)cc(N(CCC#N)C(=O)COC(=O)c2ccc(-n3c(C)c[nH]c3=O)cc2)c1. The molecular formula is C24H24N4O4. The van der Waals surface area contributed by atoms with Gasteiger partial charge in [-0.05, 0) is 68.3 Å². The van der Waals surface area contributed by atoms with Crippen LogP contribution >= 0.6 is 0 Å². The minimum Gasteiger partial charge on any atom is -0.452 e. The molecule has 1 N–H and O–H groups in total. The second kappa shape index (κ2) is 9.79. The van der Waals surface area contributed by atoms with Crippen molar-refractivity contribution in [1.82, 2.24) is 9.55 Å². The molecule has 0 saturated heterocycles. The number of amides is 1. The van der Waals surface area contributed by atoms with Crippen LogP contribution in [0.25, 0.3) is 5.69 Å². The molecule has 0 radical (unpaired) electrons. The molecule has 1 heterocycles. The number of benzene rings is 2. The Morgan fingerprint density at radius 3 is 2.31 bits per heavy atom. The zero-order valence-electron chi connectivity index (χ0n) is 18.2. The summed E-state index contributed by atoms with van der Waals surface area (Å²) >= 11 is 0. The van der Waals surface area contributed by atoms with E-state index >= 15 is 0 Å². The van der Waals surface area contributed by atoms with Gasteiger partial charge in [0.1, 0.15) is 0 Å². The first-order valence-electron chi connectivity index (χ1n) is 10.1. The summed E-state index contributed by atoms with van der Waals surface area (Å²) in [5.41, 5.74) is 3.98. The van der Waals surface area contributed by atoms with E-state index in [4.69, 9.17) is 10.00 Å². The lowest BCUT2D eigenvalue weighted by atomic mass is 10.1. The van der Waals surface area contributed by atoms with E-state index in [1.54, 1.807) is 37.4 Å². The quantitative estimate of drug-likeness (QED) is 0.577. The highest BCUT2D eigenvalue weighted by Crippen LogP contribution is 2.20. The van der Waals surface area contributed by atoms with E-state index < -0.39 is 18.5 Å². The molecule has 8 heteroatoms. The molecule has 0 saturated carbocycles. The molecule has 1 amide bonds. The van der Waals surface area contributed by atoms with E-state index in [-0.39, 0.29) is 24.2 Å². The average molecular weight is 432 g/mol. The molecule has 0 bridgehead atoms. The predicted molar refractivity (Wildman–Crippen MR) is 120 cm³/mol. The van der Waals surface area contributed by atoms with E-state index in [0.717, 1.165) is 16.8 Å². The number of imidazole rings is 1. The second-order valence-electron chi connectivity index (χ2n) is 7.49. The van der Waals surface area contributed by atoms with Crippen LogP contribution in [0.4, 0.5) is 5.69 Å². The van der Waals surface area contributed by atoms with Crippen molar-refractivity contribution in [2.45, 2.75) is 27.2 Å². The summed E-state index contributed by atoms with van der Waals surface area (Å²) in [6.45, 7) is 5.40. The smallest absolute Gasteiger partial charge is 0.338 e. The van der Waals surface area contributed by atoms with E-state index in [9.17, 15) is 14.4 Å². The van der Waals surface area contributed by atoms with Gasteiger partial charge in [-0.15, -0.1) is 0 Å². The van der Waals surface area contributed by atoms with Crippen molar-refractivity contribution in [3.05, 3.63) is 81.5 Å². The maximum absolute atomic E-state index is 12.8. The Morgan fingerprint density at radius 2 is 1.75 bits per heavy atom. The van der Waals surface area contributed by atoms with Gasteiger partial charge >= 0.3 is 11.7 Å². The summed E-state index contributed by atoms with van der Waals surface area (Å²) < 4.78 is 6.70. The van der Waals surface area contributed by atoms with Crippen molar-refractivity contribution in [3.8, 4) is 11.8 Å². The number of aryl methyl sites for hydroxylation is 3. The first-order valence-corrected chi connectivity index (χ1v) is 10.1. The Hall–Kier alpha value is -4.12. The number of hydrogen-bond acceptors (Lipinski definition) is 5. The molecule has 0 aliphatic heterocycles. The number of nitrogens with one attached hydrogen (secondary N) is 1. The van der Waals surface area contributed by atoms with Gasteiger partial charge in [-0.2, -0.15) is 5.26 Å². The molecule has 0 aliphatic rings. The minimum absolute atomic E-state index is 0.159. The van der Waals surface area contributed by atoms with Gasteiger partial charge in [-0.3, -0.25) is 9.36 Å². The third-order valence-electron chi connectivity index (χ3n) is 4.91. The van der Waals surface area contributed by atoms with Crippen molar-refractivity contribution < 1.29 is 14.3 Å². The summed E-state index contributed by atoms with van der Waals surface area (Å²) in [4.78, 5) is 41.2. The van der Waals surface area contributed by atoms with Crippen LogP contribution in [0.1, 0.15) is 33.6 Å². The normalized spacial score (nSPS) is 10.4. The highest BCUT2D eigenvalue weighted by Gasteiger charge is 2.19. The van der Waals surface area contributed by atoms with Crippen molar-refractivity contribution >= 4 is 17.6 Å². The van der Waals surface area contributed by atoms with Crippen LogP contribution in [-0.4, -0.2) is 34.6 Å². The van der Waals surface area contributed by atoms with Gasteiger partial charge in [0, 0.05) is 24.1 Å². The molecule has 0 atom stereocenters. The van der Waals surface area contributed by atoms with Crippen molar-refractivity contribution in [2.75, 3.05) is 18.1 Å². The van der Waals surface area contributed by atoms with Gasteiger partial charge in [0.25, 0.3) is 5.91 Å². The molecule has 164 valence electrons. The summed E-state index contributed by atoms with van der Waals surface area (Å²) in [7, 11) is 0. The molecular weight excluding hydrogens is 408 g/mol. The number of H-pyrrole nitrogens is 1. The monoisotopic (exact) mass is 432 g/mol. The largest absolute Gasteiger partial charge is 0.452 e. The molecule has 32 heavy (non-hydrogen) atoms. The zero-order chi connectivity index (χ0) is 23.3. The number of ether oxygens (including phenoxy) is 1. The van der Waals surface area contributed by atoms with Crippen molar-refractivity contribution in [3.63, 3.8) is 0 Å². The van der Waals surface area contributed by atoms with Crippen LogP contribution in [0.15, 0.2) is 53.5 Å². The third-order valence-corrected chi connectivity index (χ3v) is 4.91. The topological polar surface area (TPSA) is 108 Å². The maximum Gasteiger partial charge on any atom is 0.338 e. The number of aromatic amines is 1. The van der Waals surface area contributed by atoms with E-state index in [1.165, 1.54) is 9.47 Å². The fourth-order valence-corrected chi connectivity index (χ4v) is 3.48. The Labute approximate surface area is 185 Å². The number of nitrogens with zero attached hydrogens (tertiary/aromatic N) is 3. The molecule has 0 aliphatic carbocycles. The van der Waals surface area contributed by atoms with Crippen molar-refractivity contribution in [2.24, 2.45) is 0 Å². The number of esters is 1. The fourth-order valence-electron chi connectivity index (χ4n) is 3.48. The highest BCUT2D eigenvalue weighted by molar-refractivity contribution is 5.97. The lowest BCUT2D eigenvalue weighted by Crippen LogP contribution is -2.35. The van der Waals surface area contributed by atoms with Crippen molar-refractivity contribution in [1.29, 1.82) is 5.26 Å². The summed E-state index contributed by atoms with van der Waals surface area (Å²) in [6.07, 6.45) is 1.76. The van der Waals surface area contributed by atoms with E-state index in [2.05, 4.69) is 4.98 Å². The second-order valence-corrected chi connectivity index (χ2v) is 7.49. The standard InChI is InChI=1S/C24H24N4O4/c1-16-11-17(2)13-21(12-16)27(10-4-9-25)22(29)15-32-23(30)19-5-7-20(8-6-19)28-18(3)14-26-24(28)31/h5-8,11-14H,4,10,15H2,1-3H3,(H,26,31). The maximum atomic E-state index is 12.8. The predicted octanol–water partition coefficient (Wildman–Crippen LogP) is 3.19. The Kier molecular flexibility index (Phi) is 6.90. The van der Waals surface area contributed by atoms with Gasteiger partial charge in [-0.25, -0.2) is 9.59 Å². The third kappa shape index (κ3) is 5.13. The molecule has 2 aromatic carbocycles. The van der Waals surface area contributed by atoms with Gasteiger partial charge in [0.15, 0.2) is 6.61 Å². The number of hydrogen-bond donors (Lipinski definition) is 1. The number of rotatable bonds is 7. The van der Waals surface area contributed by atoms with Crippen LogP contribution in [0.5, 0.6) is 0 Å². The summed E-state index contributed by atoms with van der Waals surface area (Å²) in [5.74, 6) is -1.06. The minimum atomic E-state index is -0.649. The first-order chi connectivity index (χ1) is 15.3. The lowest BCUT2D eigenvalue weighted by Gasteiger charge is -2.22. The number of carbonyl (C=O) groups excluding carboxylic acids is 2. The Morgan fingerprint density at radius 1 is 1.09 bits per heavy atom. The molecule has 0 unspecified atom stereocenters. The molecule has 8 nitrogen and oxygen atoms in total. The molecule has 0 fully saturated rings. The highest BCUT2D eigenvalue weighted by atomic mass is 16.5. The molecule has 3 aromatic rings. The number of nitriles is 1. The molecule has 1 aromatic heterocycles. The molecule has 0 spiro atoms. The van der Waals surface area contributed by atoms with Crippen LogP contribution in [0.2, 0.25) is 0 Å². The zero-order valence-corrected chi connectivity index (χ0v) is 18.2. The van der Waals surface area contributed by atoms with Crippen LogP contribution in [0.3, 0.4) is 0 Å². The van der Waals surface area contributed by atoms with Crippen LogP contribution in [0, 0.1) is 32.1 Å². The summed E-state index contributed by atoms with van der Waals surface area (Å²) in [5, 5.41) is 8.95. The fraction of sp³-hybridized carbons (Fsp3) is 0.250. The Bertz CT molecular complexity index is 1210. The van der Waals surface area contributed by atoms with Gasteiger partial charge in [-0.1, -0.05) is 6.07 Å². The average Bonchev–Trinajstić information content (AvgIpc) is 3.09. The number of anilines is 1. The molecule has 3 rings (SSSR count). The lowest BCUT2D eigenvalue weighted by molar-refractivity contribution is -0.121. The van der Waals surface area contributed by atoms with Gasteiger partial charge < -0.3 is 14.6 Å². The van der Waals surface area contributed by atoms with E-state index in [0.29, 0.717) is 11.4 Å². The summed E-state index contributed by atoms with van der Waals surface area (Å²) in [6, 6.07) is 14.1. The van der Waals surface area contributed by atoms with Gasteiger partial charge in [0.2, 0.25) is 0 Å².